The molecule has 3 rings (SSSR count). The number of nitrogens with one attached hydrogen (secondary N) is 1. The highest BCUT2D eigenvalue weighted by Crippen LogP contribution is 2.26. The van der Waals surface area contributed by atoms with Crippen LogP contribution in [0, 0.1) is 5.82 Å². The van der Waals surface area contributed by atoms with Crippen LogP contribution in [0.2, 0.25) is 5.02 Å². The van der Waals surface area contributed by atoms with E-state index in [1.807, 2.05) is 6.07 Å². The summed E-state index contributed by atoms with van der Waals surface area (Å²) in [5.41, 5.74) is 0.211. The Hall–Kier alpha value is -3.30. The topological polar surface area (TPSA) is 84.9 Å². The van der Waals surface area contributed by atoms with E-state index in [0.717, 1.165) is 12.1 Å². The fourth-order valence-corrected chi connectivity index (χ4v) is 4.19. The van der Waals surface area contributed by atoms with E-state index < -0.39 is 21.7 Å². The minimum Gasteiger partial charge on any atom is -0.493 e. The molecule has 0 atom stereocenters. The molecule has 0 saturated heterocycles. The van der Waals surface area contributed by atoms with Gasteiger partial charge in [-0.2, -0.15) is 0 Å². The number of para-hydroxylation sites is 2. The number of carbonyl (C=O) groups excluding carboxylic acids is 1. The summed E-state index contributed by atoms with van der Waals surface area (Å²) in [6.07, 6.45) is 0. The summed E-state index contributed by atoms with van der Waals surface area (Å²) in [6, 6.07) is 15.8. The number of benzene rings is 3. The summed E-state index contributed by atoms with van der Waals surface area (Å²) in [4.78, 5) is 14.1. The maximum absolute atomic E-state index is 13.1. The Balaban J connectivity index is 1.71. The molecule has 1 N–H and O–H groups in total. The van der Waals surface area contributed by atoms with Gasteiger partial charge in [0.2, 0.25) is 0 Å². The number of anilines is 1. The number of likely N-dealkylation sites (N-methyl/N-ethyl adjacent to an activating group) is 1. The molecule has 1 amide bonds. The van der Waals surface area contributed by atoms with E-state index in [0.29, 0.717) is 11.5 Å². The molecule has 0 aliphatic rings. The van der Waals surface area contributed by atoms with Gasteiger partial charge in [-0.3, -0.25) is 9.52 Å². The van der Waals surface area contributed by atoms with Crippen LogP contribution >= 0.6 is 11.6 Å². The molecular formula is C23H22ClFN2O5S. The zero-order valence-electron chi connectivity index (χ0n) is 17.9. The number of halogens is 2. The molecule has 0 heterocycles. The summed E-state index contributed by atoms with van der Waals surface area (Å²) in [5.74, 6) is 0.150. The Labute approximate surface area is 196 Å². The summed E-state index contributed by atoms with van der Waals surface area (Å²) in [5, 5.41) is 0.109. The number of nitrogens with zero attached hydrogens (tertiary/aromatic N) is 1. The van der Waals surface area contributed by atoms with Gasteiger partial charge in [0, 0.05) is 12.7 Å². The third-order valence-electron chi connectivity index (χ3n) is 4.68. The van der Waals surface area contributed by atoms with E-state index in [-0.39, 0.29) is 34.3 Å². The van der Waals surface area contributed by atoms with Crippen molar-refractivity contribution in [2.45, 2.75) is 4.90 Å². The van der Waals surface area contributed by atoms with Crippen molar-refractivity contribution in [2.75, 3.05) is 32.0 Å². The molecule has 0 saturated carbocycles. The first-order valence-electron chi connectivity index (χ1n) is 9.80. The fraction of sp³-hybridized carbons (Fsp3) is 0.174. The van der Waals surface area contributed by atoms with Crippen molar-refractivity contribution in [1.29, 1.82) is 0 Å². The number of ether oxygens (including phenoxy) is 2. The van der Waals surface area contributed by atoms with E-state index in [9.17, 15) is 17.6 Å². The lowest BCUT2D eigenvalue weighted by molar-refractivity contribution is 0.0773. The second kappa shape index (κ2) is 10.5. The summed E-state index contributed by atoms with van der Waals surface area (Å²) >= 11 is 6.18. The van der Waals surface area contributed by atoms with Crippen molar-refractivity contribution in [3.8, 4) is 11.5 Å². The molecule has 0 aromatic heterocycles. The number of hydrogen-bond acceptors (Lipinski definition) is 5. The molecule has 33 heavy (non-hydrogen) atoms. The Morgan fingerprint density at radius 1 is 1.06 bits per heavy atom. The molecule has 0 aliphatic heterocycles. The third-order valence-corrected chi connectivity index (χ3v) is 6.38. The number of rotatable bonds is 9. The van der Waals surface area contributed by atoms with Gasteiger partial charge in [0.1, 0.15) is 12.4 Å². The smallest absolute Gasteiger partial charge is 0.261 e. The summed E-state index contributed by atoms with van der Waals surface area (Å²) in [7, 11) is -0.934. The maximum Gasteiger partial charge on any atom is 0.261 e. The molecule has 3 aromatic carbocycles. The molecule has 10 heteroatoms. The van der Waals surface area contributed by atoms with Crippen LogP contribution in [0.15, 0.2) is 71.6 Å². The number of methoxy groups -OCH3 is 1. The lowest BCUT2D eigenvalue weighted by Gasteiger charge is -2.19. The fourth-order valence-electron chi connectivity index (χ4n) is 2.91. The molecule has 0 fully saturated rings. The predicted octanol–water partition coefficient (Wildman–Crippen LogP) is 4.44. The van der Waals surface area contributed by atoms with Crippen LogP contribution < -0.4 is 14.2 Å². The van der Waals surface area contributed by atoms with Gasteiger partial charge < -0.3 is 14.4 Å². The van der Waals surface area contributed by atoms with Crippen LogP contribution in [-0.2, 0) is 10.0 Å². The molecule has 3 aromatic rings. The van der Waals surface area contributed by atoms with E-state index in [4.69, 9.17) is 21.1 Å². The molecule has 0 unspecified atom stereocenters. The van der Waals surface area contributed by atoms with Crippen molar-refractivity contribution < 1.29 is 27.1 Å². The summed E-state index contributed by atoms with van der Waals surface area (Å²) in [6.45, 7) is 0.405. The SMILES string of the molecule is COc1ccccc1OCCN(C)C(=O)c1cc(S(=O)(=O)Nc2ccc(F)cc2)ccc1Cl. The monoisotopic (exact) mass is 492 g/mol. The molecule has 0 aliphatic carbocycles. The number of carbonyl (C=O) groups is 1. The van der Waals surface area contributed by atoms with Crippen LogP contribution in [0.25, 0.3) is 0 Å². The van der Waals surface area contributed by atoms with Crippen molar-refractivity contribution in [2.24, 2.45) is 0 Å². The van der Waals surface area contributed by atoms with Gasteiger partial charge in [-0.25, -0.2) is 12.8 Å². The predicted molar refractivity (Wildman–Crippen MR) is 124 cm³/mol. The van der Waals surface area contributed by atoms with Crippen LogP contribution in [-0.4, -0.2) is 46.5 Å². The Morgan fingerprint density at radius 3 is 2.39 bits per heavy atom. The largest absolute Gasteiger partial charge is 0.493 e. The van der Waals surface area contributed by atoms with E-state index >= 15 is 0 Å². The van der Waals surface area contributed by atoms with Gasteiger partial charge in [-0.05, 0) is 54.6 Å². The van der Waals surface area contributed by atoms with Crippen molar-refractivity contribution in [3.63, 3.8) is 0 Å². The summed E-state index contributed by atoms with van der Waals surface area (Å²) < 4.78 is 51.8. The zero-order chi connectivity index (χ0) is 24.0. The Kier molecular flexibility index (Phi) is 7.78. The first-order chi connectivity index (χ1) is 15.7. The first kappa shape index (κ1) is 24.3. The van der Waals surface area contributed by atoms with Crippen LogP contribution in [0.4, 0.5) is 10.1 Å². The third kappa shape index (κ3) is 6.15. The van der Waals surface area contributed by atoms with Gasteiger partial charge in [-0.15, -0.1) is 0 Å². The van der Waals surface area contributed by atoms with Gasteiger partial charge in [0.25, 0.3) is 15.9 Å². The van der Waals surface area contributed by atoms with Crippen molar-refractivity contribution in [3.05, 3.63) is 83.1 Å². The minimum absolute atomic E-state index is 0.0263. The maximum atomic E-state index is 13.1. The van der Waals surface area contributed by atoms with Crippen LogP contribution in [0.5, 0.6) is 11.5 Å². The molecule has 7 nitrogen and oxygen atoms in total. The average molecular weight is 493 g/mol. The van der Waals surface area contributed by atoms with Gasteiger partial charge in [0.05, 0.1) is 29.1 Å². The Morgan fingerprint density at radius 2 is 1.73 bits per heavy atom. The Bertz CT molecular complexity index is 1240. The zero-order valence-corrected chi connectivity index (χ0v) is 19.5. The van der Waals surface area contributed by atoms with Gasteiger partial charge >= 0.3 is 0 Å². The van der Waals surface area contributed by atoms with E-state index in [1.165, 1.54) is 42.3 Å². The highest BCUT2D eigenvalue weighted by Gasteiger charge is 2.21. The normalized spacial score (nSPS) is 11.0. The number of amides is 1. The van der Waals surface area contributed by atoms with Crippen molar-refractivity contribution >= 4 is 33.2 Å². The van der Waals surface area contributed by atoms with Crippen LogP contribution in [0.3, 0.4) is 0 Å². The van der Waals surface area contributed by atoms with E-state index in [1.54, 1.807) is 25.2 Å². The molecular weight excluding hydrogens is 471 g/mol. The first-order valence-corrected chi connectivity index (χ1v) is 11.7. The van der Waals surface area contributed by atoms with Gasteiger partial charge in [-0.1, -0.05) is 23.7 Å². The van der Waals surface area contributed by atoms with Crippen molar-refractivity contribution in [1.82, 2.24) is 4.90 Å². The second-order valence-corrected chi connectivity index (χ2v) is 9.07. The van der Waals surface area contributed by atoms with Gasteiger partial charge in [0.15, 0.2) is 11.5 Å². The van der Waals surface area contributed by atoms with Crippen LogP contribution in [0.1, 0.15) is 10.4 Å². The average Bonchev–Trinajstić information content (AvgIpc) is 2.80. The standard InChI is InChI=1S/C23H22ClFN2O5S/c1-27(13-14-32-22-6-4-3-5-21(22)31-2)23(28)19-15-18(11-12-20(19)24)33(29,30)26-17-9-7-16(25)8-10-17/h3-12,15,26H,13-14H2,1-2H3. The highest BCUT2D eigenvalue weighted by molar-refractivity contribution is 7.92. The highest BCUT2D eigenvalue weighted by atomic mass is 35.5. The van der Waals surface area contributed by atoms with E-state index in [2.05, 4.69) is 4.72 Å². The number of hydrogen-bond donors (Lipinski definition) is 1. The lowest BCUT2D eigenvalue weighted by Crippen LogP contribution is -2.31. The lowest BCUT2D eigenvalue weighted by atomic mass is 10.2. The quantitative estimate of drug-likeness (QED) is 0.477. The molecule has 0 spiro atoms. The minimum atomic E-state index is -4.03. The molecule has 0 radical (unpaired) electrons. The number of sulfonamides is 1. The molecule has 174 valence electrons. The molecule has 0 bridgehead atoms. The second-order valence-electron chi connectivity index (χ2n) is 6.98.